The molecule has 24 heavy (non-hydrogen) atoms. The lowest BCUT2D eigenvalue weighted by molar-refractivity contribution is -0.125. The fourth-order valence-corrected chi connectivity index (χ4v) is 2.78. The van der Waals surface area contributed by atoms with Gasteiger partial charge < -0.3 is 10.6 Å². The van der Waals surface area contributed by atoms with Crippen LogP contribution in [0.1, 0.15) is 40.0 Å². The van der Waals surface area contributed by atoms with Crippen molar-refractivity contribution in [3.8, 4) is 0 Å². The second-order valence-electron chi connectivity index (χ2n) is 7.12. The number of Topliss-reactive ketones (excluding diaryl/α,β-unsaturated/α-hetero) is 1. The van der Waals surface area contributed by atoms with Crippen LogP contribution in [-0.2, 0) is 9.59 Å². The zero-order chi connectivity index (χ0) is 17.9. The van der Waals surface area contributed by atoms with Gasteiger partial charge in [-0.05, 0) is 37.1 Å². The first-order chi connectivity index (χ1) is 11.2. The van der Waals surface area contributed by atoms with Crippen molar-refractivity contribution < 1.29 is 9.59 Å². The Morgan fingerprint density at radius 3 is 2.50 bits per heavy atom. The summed E-state index contributed by atoms with van der Waals surface area (Å²) in [5.41, 5.74) is 6.26. The van der Waals surface area contributed by atoms with Crippen LogP contribution in [0.15, 0.2) is 29.3 Å². The number of ketones is 1. The van der Waals surface area contributed by atoms with E-state index in [1.165, 1.54) is 0 Å². The molecule has 130 valence electrons. The van der Waals surface area contributed by atoms with Gasteiger partial charge in [0.15, 0.2) is 0 Å². The molecular weight excluding hydrogens is 326 g/mol. The molecule has 2 rings (SSSR count). The van der Waals surface area contributed by atoms with E-state index in [0.29, 0.717) is 5.02 Å². The second kappa shape index (κ2) is 7.34. The molecule has 1 atom stereocenters. The summed E-state index contributed by atoms with van der Waals surface area (Å²) in [6.07, 6.45) is 1.64. The molecule has 0 bridgehead atoms. The van der Waals surface area contributed by atoms with Crippen LogP contribution in [0.4, 0.5) is 5.69 Å². The molecule has 2 N–H and O–H groups in total. The lowest BCUT2D eigenvalue weighted by Gasteiger charge is -2.24. The van der Waals surface area contributed by atoms with Crippen molar-refractivity contribution in [3.63, 3.8) is 0 Å². The third-order valence-electron chi connectivity index (χ3n) is 4.13. The van der Waals surface area contributed by atoms with Gasteiger partial charge in [0.25, 0.3) is 5.91 Å². The van der Waals surface area contributed by atoms with Crippen molar-refractivity contribution in [2.24, 2.45) is 16.1 Å². The van der Waals surface area contributed by atoms with Crippen molar-refractivity contribution in [2.45, 2.75) is 46.1 Å². The molecule has 0 aliphatic carbocycles. The number of amides is 1. The van der Waals surface area contributed by atoms with Gasteiger partial charge in [0, 0.05) is 22.7 Å². The Hall–Kier alpha value is -1.88. The van der Waals surface area contributed by atoms with Crippen molar-refractivity contribution in [1.82, 2.24) is 0 Å². The van der Waals surface area contributed by atoms with Crippen LogP contribution >= 0.6 is 11.6 Å². The number of amidine groups is 1. The second-order valence-corrected chi connectivity index (χ2v) is 7.56. The van der Waals surface area contributed by atoms with Crippen molar-refractivity contribution in [3.05, 3.63) is 29.3 Å². The fraction of sp³-hybridized carbons (Fsp3) is 0.500. The molecule has 1 amide bonds. The minimum atomic E-state index is -0.494. The maximum Gasteiger partial charge on any atom is 0.270 e. The number of nitrogens with two attached hydrogens (primary N) is 1. The number of halogens is 1. The predicted molar refractivity (Wildman–Crippen MR) is 97.5 cm³/mol. The topological polar surface area (TPSA) is 75.8 Å². The molecule has 0 saturated carbocycles. The number of aliphatic imine (C=N–C) groups is 1. The van der Waals surface area contributed by atoms with E-state index in [2.05, 4.69) is 4.99 Å². The predicted octanol–water partition coefficient (Wildman–Crippen LogP) is 3.20. The quantitative estimate of drug-likeness (QED) is 0.669. The van der Waals surface area contributed by atoms with Crippen LogP contribution < -0.4 is 10.6 Å². The van der Waals surface area contributed by atoms with Gasteiger partial charge in [0.2, 0.25) is 0 Å². The van der Waals surface area contributed by atoms with Crippen LogP contribution in [-0.4, -0.2) is 30.1 Å². The van der Waals surface area contributed by atoms with E-state index in [1.807, 2.05) is 37.8 Å². The monoisotopic (exact) mass is 349 g/mol. The number of hydrogen-bond donors (Lipinski definition) is 1. The summed E-state index contributed by atoms with van der Waals surface area (Å²) in [6.45, 7) is 6.26. The first kappa shape index (κ1) is 18.5. The molecule has 0 radical (unpaired) electrons. The molecule has 0 aromatic heterocycles. The molecule has 1 aromatic carbocycles. The van der Waals surface area contributed by atoms with Crippen LogP contribution in [0.2, 0.25) is 5.02 Å². The lowest BCUT2D eigenvalue weighted by Crippen LogP contribution is -2.36. The molecule has 1 aromatic rings. The van der Waals surface area contributed by atoms with Gasteiger partial charge >= 0.3 is 0 Å². The number of benzene rings is 1. The highest BCUT2D eigenvalue weighted by molar-refractivity contribution is 6.30. The lowest BCUT2D eigenvalue weighted by atomic mass is 9.89. The van der Waals surface area contributed by atoms with E-state index in [4.69, 9.17) is 17.3 Å². The number of carbonyl (C=O) groups is 2. The standard InChI is InChI=1S/C18H24ClN3O2/c1-18(2,3)15(23)11-16(20)21-17(24)14-5-4-10-22(14)13-8-6-12(19)7-9-13/h6-9,14H,4-5,10-11H2,1-3H3,(H2,20,21,24). The molecule has 1 aliphatic heterocycles. The first-order valence-corrected chi connectivity index (χ1v) is 8.48. The Labute approximate surface area is 147 Å². The van der Waals surface area contributed by atoms with E-state index in [0.717, 1.165) is 25.1 Å². The Morgan fingerprint density at radius 1 is 1.29 bits per heavy atom. The number of rotatable bonds is 4. The van der Waals surface area contributed by atoms with Crippen molar-refractivity contribution in [2.75, 3.05) is 11.4 Å². The van der Waals surface area contributed by atoms with Gasteiger partial charge in [-0.2, -0.15) is 4.99 Å². The Morgan fingerprint density at radius 2 is 1.92 bits per heavy atom. The van der Waals surface area contributed by atoms with Crippen LogP contribution in [0.5, 0.6) is 0 Å². The normalized spacial score (nSPS) is 18.8. The molecular formula is C18H24ClN3O2. The third-order valence-corrected chi connectivity index (χ3v) is 4.38. The highest BCUT2D eigenvalue weighted by Gasteiger charge is 2.31. The van der Waals surface area contributed by atoms with Crippen LogP contribution in [0.3, 0.4) is 0 Å². The zero-order valence-corrected chi connectivity index (χ0v) is 15.1. The Balaban J connectivity index is 2.09. The largest absolute Gasteiger partial charge is 0.387 e. The van der Waals surface area contributed by atoms with E-state index in [1.54, 1.807) is 12.1 Å². The summed E-state index contributed by atoms with van der Waals surface area (Å²) in [6, 6.07) is 7.05. The molecule has 1 saturated heterocycles. The summed E-state index contributed by atoms with van der Waals surface area (Å²) in [4.78, 5) is 30.5. The molecule has 5 nitrogen and oxygen atoms in total. The van der Waals surface area contributed by atoms with E-state index < -0.39 is 5.41 Å². The summed E-state index contributed by atoms with van der Waals surface area (Å²) >= 11 is 5.92. The minimum Gasteiger partial charge on any atom is -0.387 e. The van der Waals surface area contributed by atoms with Gasteiger partial charge in [-0.15, -0.1) is 0 Å². The summed E-state index contributed by atoms with van der Waals surface area (Å²) in [7, 11) is 0. The average molecular weight is 350 g/mol. The fourth-order valence-electron chi connectivity index (χ4n) is 2.65. The molecule has 1 unspecified atom stereocenters. The summed E-state index contributed by atoms with van der Waals surface area (Å²) in [5.74, 6) is -0.234. The Bertz CT molecular complexity index is 647. The van der Waals surface area contributed by atoms with Gasteiger partial charge in [0.05, 0.1) is 6.42 Å². The van der Waals surface area contributed by atoms with Crippen LogP contribution in [0, 0.1) is 5.41 Å². The van der Waals surface area contributed by atoms with Crippen LogP contribution in [0.25, 0.3) is 0 Å². The molecule has 6 heteroatoms. The van der Waals surface area contributed by atoms with Gasteiger partial charge in [-0.25, -0.2) is 0 Å². The Kier molecular flexibility index (Phi) is 5.65. The summed E-state index contributed by atoms with van der Waals surface area (Å²) in [5, 5.41) is 0.656. The summed E-state index contributed by atoms with van der Waals surface area (Å²) < 4.78 is 0. The average Bonchev–Trinajstić information content (AvgIpc) is 2.96. The molecule has 1 fully saturated rings. The van der Waals surface area contributed by atoms with E-state index >= 15 is 0 Å². The van der Waals surface area contributed by atoms with Crippen molar-refractivity contribution in [1.29, 1.82) is 0 Å². The number of hydrogen-bond acceptors (Lipinski definition) is 3. The number of anilines is 1. The maximum atomic E-state index is 12.5. The maximum absolute atomic E-state index is 12.5. The van der Waals surface area contributed by atoms with E-state index in [-0.39, 0.29) is 30.0 Å². The highest BCUT2D eigenvalue weighted by Crippen LogP contribution is 2.27. The smallest absolute Gasteiger partial charge is 0.270 e. The number of carbonyl (C=O) groups excluding carboxylic acids is 2. The SMILES string of the molecule is CC(C)(C)C(=O)CC(N)=NC(=O)C1CCCN1c1ccc(Cl)cc1. The molecule has 1 aliphatic rings. The van der Waals surface area contributed by atoms with Crippen molar-refractivity contribution >= 4 is 34.8 Å². The minimum absolute atomic E-state index is 0.00288. The third kappa shape index (κ3) is 4.57. The zero-order valence-electron chi connectivity index (χ0n) is 14.4. The van der Waals surface area contributed by atoms with Gasteiger partial charge in [-0.1, -0.05) is 32.4 Å². The van der Waals surface area contributed by atoms with Gasteiger partial charge in [0.1, 0.15) is 17.7 Å². The first-order valence-electron chi connectivity index (χ1n) is 8.11. The molecule has 0 spiro atoms. The van der Waals surface area contributed by atoms with Gasteiger partial charge in [-0.3, -0.25) is 9.59 Å². The number of nitrogens with zero attached hydrogens (tertiary/aromatic N) is 2. The highest BCUT2D eigenvalue weighted by atomic mass is 35.5. The van der Waals surface area contributed by atoms with E-state index in [9.17, 15) is 9.59 Å². The molecule has 1 heterocycles.